The van der Waals surface area contributed by atoms with Crippen LogP contribution in [0.15, 0.2) is 18.3 Å². The summed E-state index contributed by atoms with van der Waals surface area (Å²) in [4.78, 5) is 15.4. The Balaban J connectivity index is 2.51. The van der Waals surface area contributed by atoms with Crippen molar-refractivity contribution in [2.45, 2.75) is 33.4 Å². The van der Waals surface area contributed by atoms with Gasteiger partial charge >= 0.3 is 6.18 Å². The molecule has 0 fully saturated rings. The largest absolute Gasteiger partial charge is 0.417 e. The number of anilines is 1. The van der Waals surface area contributed by atoms with Gasteiger partial charge in [0.25, 0.3) is 5.91 Å². The number of carbonyl (C=O) groups is 1. The number of hydroxylamine groups is 1. The van der Waals surface area contributed by atoms with Crippen molar-refractivity contribution in [3.8, 4) is 0 Å². The van der Waals surface area contributed by atoms with Crippen molar-refractivity contribution in [1.29, 1.82) is 0 Å². The lowest BCUT2D eigenvalue weighted by atomic mass is 9.90. The van der Waals surface area contributed by atoms with Crippen molar-refractivity contribution in [3.63, 3.8) is 0 Å². The molecule has 0 unspecified atom stereocenters. The summed E-state index contributed by atoms with van der Waals surface area (Å²) in [5.41, 5.74) is 1.37. The van der Waals surface area contributed by atoms with Crippen LogP contribution in [0.1, 0.15) is 32.0 Å². The van der Waals surface area contributed by atoms with Crippen LogP contribution in [0.25, 0.3) is 5.65 Å². The molecule has 0 saturated carbocycles. The number of nitrogens with one attached hydrogen (secondary N) is 2. The van der Waals surface area contributed by atoms with Crippen molar-refractivity contribution >= 4 is 17.4 Å². The van der Waals surface area contributed by atoms with Gasteiger partial charge in [0.05, 0.1) is 17.8 Å². The number of amides is 1. The minimum absolute atomic E-state index is 0.208. The molecule has 2 aromatic heterocycles. The molecule has 0 bridgehead atoms. The van der Waals surface area contributed by atoms with Crippen LogP contribution in [0, 0.1) is 5.41 Å². The Morgan fingerprint density at radius 3 is 2.50 bits per heavy atom. The van der Waals surface area contributed by atoms with Gasteiger partial charge in [0.15, 0.2) is 0 Å². The molecule has 2 rings (SSSR count). The summed E-state index contributed by atoms with van der Waals surface area (Å²) in [7, 11) is 0. The number of rotatable bonds is 4. The number of fused-ring (bicyclic) bond motifs is 1. The molecule has 132 valence electrons. The molecule has 0 aliphatic carbocycles. The zero-order valence-corrected chi connectivity index (χ0v) is 13.5. The summed E-state index contributed by atoms with van der Waals surface area (Å²) >= 11 is 0. The van der Waals surface area contributed by atoms with Crippen LogP contribution in [0.4, 0.5) is 19.0 Å². The Morgan fingerprint density at radius 1 is 1.29 bits per heavy atom. The van der Waals surface area contributed by atoms with Crippen molar-refractivity contribution in [1.82, 2.24) is 14.9 Å². The molecule has 0 aromatic carbocycles. The maximum atomic E-state index is 13.0. The minimum atomic E-state index is -4.46. The average molecular weight is 344 g/mol. The fourth-order valence-electron chi connectivity index (χ4n) is 2.28. The van der Waals surface area contributed by atoms with Gasteiger partial charge in [-0.3, -0.25) is 10.0 Å². The van der Waals surface area contributed by atoms with Gasteiger partial charge in [-0.05, 0) is 24.0 Å². The second kappa shape index (κ2) is 6.31. The fraction of sp³-hybridized carbons (Fsp3) is 0.467. The summed E-state index contributed by atoms with van der Waals surface area (Å²) in [6.07, 6.45) is -3.01. The summed E-state index contributed by atoms with van der Waals surface area (Å²) in [6, 6.07) is 2.25. The molecule has 24 heavy (non-hydrogen) atoms. The van der Waals surface area contributed by atoms with E-state index in [1.54, 1.807) is 0 Å². The van der Waals surface area contributed by atoms with Gasteiger partial charge in [-0.1, -0.05) is 20.8 Å². The number of hydrogen-bond acceptors (Lipinski definition) is 4. The zero-order valence-electron chi connectivity index (χ0n) is 13.5. The van der Waals surface area contributed by atoms with E-state index in [1.165, 1.54) is 15.9 Å². The third kappa shape index (κ3) is 4.16. The molecule has 0 aliphatic heterocycles. The standard InChI is InChI=1S/C15H19F3N4O2/c1-14(2,3)6-10-13(19-7-12(23)21-24)20-11-5-4-9(8-22(10)11)15(16,17)18/h4-5,8,19,24H,6-7H2,1-3H3,(H,21,23). The second-order valence-electron chi connectivity index (χ2n) is 6.68. The van der Waals surface area contributed by atoms with E-state index in [2.05, 4.69) is 10.3 Å². The first kappa shape index (κ1) is 18.1. The quantitative estimate of drug-likeness (QED) is 0.589. The normalized spacial score (nSPS) is 12.5. The van der Waals surface area contributed by atoms with Crippen LogP contribution in [-0.2, 0) is 17.4 Å². The van der Waals surface area contributed by atoms with Gasteiger partial charge in [-0.2, -0.15) is 13.2 Å². The summed E-state index contributed by atoms with van der Waals surface area (Å²) in [6.45, 7) is 5.60. The first-order chi connectivity index (χ1) is 11.0. The van der Waals surface area contributed by atoms with Crippen molar-refractivity contribution in [2.24, 2.45) is 5.41 Å². The summed E-state index contributed by atoms with van der Waals surface area (Å²) in [5, 5.41) is 11.3. The Bertz CT molecular complexity index is 747. The van der Waals surface area contributed by atoms with E-state index in [0.29, 0.717) is 23.6 Å². The van der Waals surface area contributed by atoms with Crippen molar-refractivity contribution < 1.29 is 23.2 Å². The van der Waals surface area contributed by atoms with Gasteiger partial charge in [0, 0.05) is 6.20 Å². The fourth-order valence-corrected chi connectivity index (χ4v) is 2.28. The predicted octanol–water partition coefficient (Wildman–Crippen LogP) is 2.86. The maximum Gasteiger partial charge on any atom is 0.417 e. The molecule has 2 heterocycles. The van der Waals surface area contributed by atoms with Crippen LogP contribution in [0.2, 0.25) is 0 Å². The first-order valence-electron chi connectivity index (χ1n) is 7.26. The highest BCUT2D eigenvalue weighted by molar-refractivity contribution is 5.79. The zero-order chi connectivity index (χ0) is 18.1. The first-order valence-corrected chi connectivity index (χ1v) is 7.26. The Hall–Kier alpha value is -2.29. The molecular weight excluding hydrogens is 325 g/mol. The van der Waals surface area contributed by atoms with E-state index in [1.807, 2.05) is 20.8 Å². The summed E-state index contributed by atoms with van der Waals surface area (Å²) < 4.78 is 40.3. The smallest absolute Gasteiger partial charge is 0.359 e. The molecule has 9 heteroatoms. The molecule has 3 N–H and O–H groups in total. The van der Waals surface area contributed by atoms with Crippen molar-refractivity contribution in [2.75, 3.05) is 11.9 Å². The molecule has 0 saturated heterocycles. The third-order valence-corrected chi connectivity index (χ3v) is 3.28. The van der Waals surface area contributed by atoms with Gasteiger partial charge in [0.1, 0.15) is 11.5 Å². The lowest BCUT2D eigenvalue weighted by Gasteiger charge is -2.19. The Kier molecular flexibility index (Phi) is 4.75. The van der Waals surface area contributed by atoms with E-state index < -0.39 is 17.6 Å². The van der Waals surface area contributed by atoms with Crippen LogP contribution < -0.4 is 10.8 Å². The van der Waals surface area contributed by atoms with Gasteiger partial charge < -0.3 is 9.72 Å². The number of nitrogens with zero attached hydrogens (tertiary/aromatic N) is 2. The third-order valence-electron chi connectivity index (χ3n) is 3.28. The Morgan fingerprint density at radius 2 is 1.96 bits per heavy atom. The van der Waals surface area contributed by atoms with Crippen LogP contribution in [0.3, 0.4) is 0 Å². The Labute approximate surface area is 136 Å². The monoisotopic (exact) mass is 344 g/mol. The highest BCUT2D eigenvalue weighted by atomic mass is 19.4. The number of carbonyl (C=O) groups excluding carboxylic acids is 1. The van der Waals surface area contributed by atoms with E-state index in [0.717, 1.165) is 12.3 Å². The molecule has 0 aliphatic rings. The number of imidazole rings is 1. The molecule has 0 spiro atoms. The van der Waals surface area contributed by atoms with Crippen molar-refractivity contribution in [3.05, 3.63) is 29.6 Å². The van der Waals surface area contributed by atoms with Crippen LogP contribution in [-0.4, -0.2) is 27.0 Å². The SMILES string of the molecule is CC(C)(C)Cc1c(NCC(=O)NO)nc2ccc(C(F)(F)F)cn12. The molecule has 1 amide bonds. The van der Waals surface area contributed by atoms with Gasteiger partial charge in [0.2, 0.25) is 0 Å². The highest BCUT2D eigenvalue weighted by Gasteiger charge is 2.31. The van der Waals surface area contributed by atoms with Gasteiger partial charge in [-0.15, -0.1) is 0 Å². The summed E-state index contributed by atoms with van der Waals surface area (Å²) in [5.74, 6) is -0.363. The lowest BCUT2D eigenvalue weighted by molar-refractivity contribution is -0.137. The maximum absolute atomic E-state index is 13.0. The number of halogens is 3. The molecule has 0 radical (unpaired) electrons. The average Bonchev–Trinajstić information content (AvgIpc) is 2.79. The van der Waals surface area contributed by atoms with Gasteiger partial charge in [-0.25, -0.2) is 10.5 Å². The number of alkyl halides is 3. The van der Waals surface area contributed by atoms with E-state index in [9.17, 15) is 18.0 Å². The van der Waals surface area contributed by atoms with E-state index >= 15 is 0 Å². The lowest BCUT2D eigenvalue weighted by Crippen LogP contribution is -2.27. The van der Waals surface area contributed by atoms with E-state index in [4.69, 9.17) is 5.21 Å². The topological polar surface area (TPSA) is 78.7 Å². The van der Waals surface area contributed by atoms with Crippen LogP contribution in [0.5, 0.6) is 0 Å². The molecule has 0 atom stereocenters. The molecule has 2 aromatic rings. The molecule has 6 nitrogen and oxygen atoms in total. The van der Waals surface area contributed by atoms with Crippen LogP contribution >= 0.6 is 0 Å². The molecular formula is C15H19F3N4O2. The van der Waals surface area contributed by atoms with E-state index in [-0.39, 0.29) is 12.0 Å². The predicted molar refractivity (Wildman–Crippen MR) is 81.8 cm³/mol. The number of pyridine rings is 1. The highest BCUT2D eigenvalue weighted by Crippen LogP contribution is 2.32. The number of hydrogen-bond donors (Lipinski definition) is 3. The second-order valence-corrected chi connectivity index (χ2v) is 6.68. The minimum Gasteiger partial charge on any atom is -0.359 e. The number of aromatic nitrogens is 2.